The molecule has 148 valence electrons. The van der Waals surface area contributed by atoms with Gasteiger partial charge in [-0.2, -0.15) is 0 Å². The zero-order valence-corrected chi connectivity index (χ0v) is 17.0. The zero-order chi connectivity index (χ0) is 20.5. The van der Waals surface area contributed by atoms with Gasteiger partial charge in [0, 0.05) is 35.5 Å². The molecule has 4 rings (SSSR count). The van der Waals surface area contributed by atoms with E-state index in [-0.39, 0.29) is 23.5 Å². The molecule has 1 saturated carbocycles. The largest absolute Gasteiger partial charge is 0.307 e. The quantitative estimate of drug-likeness (QED) is 0.842. The molecule has 2 aliphatic rings. The van der Waals surface area contributed by atoms with E-state index in [2.05, 4.69) is 10.3 Å². The Morgan fingerprint density at radius 2 is 1.76 bits per heavy atom. The van der Waals surface area contributed by atoms with Crippen molar-refractivity contribution < 1.29 is 9.59 Å². The number of aliphatic imine (C=N–C) groups is 1. The van der Waals surface area contributed by atoms with Gasteiger partial charge in [-0.15, -0.1) is 0 Å². The first-order valence-electron chi connectivity index (χ1n) is 10.1. The number of aromatic nitrogens is 1. The summed E-state index contributed by atoms with van der Waals surface area (Å²) in [4.78, 5) is 35.2. The van der Waals surface area contributed by atoms with Crippen molar-refractivity contribution in [2.45, 2.75) is 46.0 Å². The molecular formula is C24H25N3O2. The Balaban J connectivity index is 1.79. The summed E-state index contributed by atoms with van der Waals surface area (Å²) in [5.41, 5.74) is 5.29. The average molecular weight is 387 g/mol. The number of ketones is 1. The van der Waals surface area contributed by atoms with Crippen molar-refractivity contribution in [2.75, 3.05) is 5.32 Å². The van der Waals surface area contributed by atoms with E-state index >= 15 is 0 Å². The fourth-order valence-electron chi connectivity index (χ4n) is 4.34. The van der Waals surface area contributed by atoms with E-state index in [4.69, 9.17) is 4.99 Å². The maximum absolute atomic E-state index is 13.3. The van der Waals surface area contributed by atoms with E-state index in [0.29, 0.717) is 23.5 Å². The summed E-state index contributed by atoms with van der Waals surface area (Å²) in [6, 6.07) is 11.8. The number of hydrogen-bond donors (Lipinski definition) is 1. The van der Waals surface area contributed by atoms with Gasteiger partial charge >= 0.3 is 0 Å². The van der Waals surface area contributed by atoms with Crippen LogP contribution in [0.1, 0.15) is 48.8 Å². The van der Waals surface area contributed by atoms with Crippen LogP contribution in [-0.2, 0) is 9.59 Å². The van der Waals surface area contributed by atoms with Crippen molar-refractivity contribution in [3.63, 3.8) is 0 Å². The number of pyridine rings is 1. The maximum Gasteiger partial charge on any atom is 0.255 e. The second-order valence-electron chi connectivity index (χ2n) is 7.96. The van der Waals surface area contributed by atoms with Gasteiger partial charge in [0.2, 0.25) is 0 Å². The Bertz CT molecular complexity index is 1030. The Labute approximate surface area is 171 Å². The van der Waals surface area contributed by atoms with Crippen LogP contribution in [0.5, 0.6) is 0 Å². The van der Waals surface area contributed by atoms with E-state index < -0.39 is 0 Å². The first-order valence-corrected chi connectivity index (χ1v) is 10.1. The van der Waals surface area contributed by atoms with Crippen molar-refractivity contribution in [1.82, 2.24) is 4.98 Å². The molecular weight excluding hydrogens is 362 g/mol. The molecule has 2 aromatic rings. The molecule has 5 nitrogen and oxygen atoms in total. The third-order valence-electron chi connectivity index (χ3n) is 5.75. The second kappa shape index (κ2) is 7.74. The summed E-state index contributed by atoms with van der Waals surface area (Å²) >= 11 is 0. The third kappa shape index (κ3) is 3.77. The molecule has 1 aromatic heterocycles. The summed E-state index contributed by atoms with van der Waals surface area (Å²) in [7, 11) is 0. The highest BCUT2D eigenvalue weighted by Gasteiger charge is 2.43. The Kier molecular flexibility index (Phi) is 5.14. The molecule has 1 amide bonds. The smallest absolute Gasteiger partial charge is 0.255 e. The number of Topliss-reactive ketones (excluding diaryl/α,β-unsaturated/α-hetero) is 1. The molecule has 2 heterocycles. The fourth-order valence-corrected chi connectivity index (χ4v) is 4.34. The molecule has 0 saturated heterocycles. The molecule has 1 unspecified atom stereocenters. The highest BCUT2D eigenvalue weighted by atomic mass is 16.2. The first kappa shape index (κ1) is 19.2. The Morgan fingerprint density at radius 1 is 1.00 bits per heavy atom. The van der Waals surface area contributed by atoms with Crippen molar-refractivity contribution >= 4 is 23.2 Å². The van der Waals surface area contributed by atoms with Crippen LogP contribution in [-0.4, -0.2) is 22.4 Å². The third-order valence-corrected chi connectivity index (χ3v) is 5.75. The molecule has 1 aliphatic carbocycles. The van der Waals surface area contributed by atoms with Crippen LogP contribution in [0.25, 0.3) is 0 Å². The van der Waals surface area contributed by atoms with Crippen LogP contribution >= 0.6 is 0 Å². The highest BCUT2D eigenvalue weighted by molar-refractivity contribution is 6.13. The van der Waals surface area contributed by atoms with Crippen LogP contribution in [0.2, 0.25) is 0 Å². The summed E-state index contributed by atoms with van der Waals surface area (Å²) < 4.78 is 0. The molecule has 1 fully saturated rings. The van der Waals surface area contributed by atoms with Crippen LogP contribution in [0.3, 0.4) is 0 Å². The molecule has 0 spiro atoms. The molecule has 5 heteroatoms. The Morgan fingerprint density at radius 3 is 2.48 bits per heavy atom. The summed E-state index contributed by atoms with van der Waals surface area (Å²) in [5.74, 6) is -0.246. The average Bonchev–Trinajstić information content (AvgIpc) is 2.67. The molecule has 0 bridgehead atoms. The number of anilines is 1. The van der Waals surface area contributed by atoms with Crippen LogP contribution < -0.4 is 5.32 Å². The molecule has 1 N–H and O–H groups in total. The standard InChI is InChI=1S/C24H25N3O2/c1-14-7-9-17(10-8-14)22-21(24(29)27-20-13-15(2)11-12-25-20)16(3)26-18-5-4-6-19(28)23(18)22/h7-13,22-23H,4-6H2,1-3H3,(H,25,27,29)/t22-,23?/m1/s1. The van der Waals surface area contributed by atoms with E-state index in [1.54, 1.807) is 6.20 Å². The first-order chi connectivity index (χ1) is 13.9. The lowest BCUT2D eigenvalue weighted by atomic mass is 9.69. The fraction of sp³-hybridized carbons (Fsp3) is 0.333. The summed E-state index contributed by atoms with van der Waals surface area (Å²) in [5, 5.41) is 2.92. The lowest BCUT2D eigenvalue weighted by Crippen LogP contribution is -2.39. The van der Waals surface area contributed by atoms with E-state index in [1.807, 2.05) is 57.2 Å². The zero-order valence-electron chi connectivity index (χ0n) is 17.0. The second-order valence-corrected chi connectivity index (χ2v) is 7.96. The van der Waals surface area contributed by atoms with Gasteiger partial charge < -0.3 is 5.32 Å². The number of carbonyl (C=O) groups is 2. The number of aryl methyl sites for hydroxylation is 2. The van der Waals surface area contributed by atoms with Gasteiger partial charge in [0.1, 0.15) is 11.6 Å². The minimum atomic E-state index is -0.360. The number of rotatable bonds is 3. The Hall–Kier alpha value is -3.08. The molecule has 2 atom stereocenters. The normalized spacial score (nSPS) is 21.5. The van der Waals surface area contributed by atoms with Gasteiger partial charge in [0.25, 0.3) is 5.91 Å². The van der Waals surface area contributed by atoms with Crippen molar-refractivity contribution in [2.24, 2.45) is 10.9 Å². The number of allylic oxidation sites excluding steroid dienone is 1. The SMILES string of the molecule is CC1=C(C(=O)Nc2cc(C)ccn2)[C@@H](c2ccc(C)cc2)C2C(=O)CCCC2=N1. The van der Waals surface area contributed by atoms with Gasteiger partial charge in [-0.25, -0.2) is 4.98 Å². The number of carbonyl (C=O) groups excluding carboxylic acids is 2. The number of hydrogen-bond acceptors (Lipinski definition) is 4. The lowest BCUT2D eigenvalue weighted by molar-refractivity contribution is -0.122. The van der Waals surface area contributed by atoms with E-state index in [9.17, 15) is 9.59 Å². The number of amides is 1. The van der Waals surface area contributed by atoms with Crippen LogP contribution in [0.15, 0.2) is 58.9 Å². The maximum atomic E-state index is 13.3. The topological polar surface area (TPSA) is 71.4 Å². The number of fused-ring (bicyclic) bond motifs is 1. The van der Waals surface area contributed by atoms with Gasteiger partial charge in [0.15, 0.2) is 0 Å². The van der Waals surface area contributed by atoms with Crippen molar-refractivity contribution in [3.05, 3.63) is 70.6 Å². The molecule has 1 aliphatic heterocycles. The van der Waals surface area contributed by atoms with Gasteiger partial charge in [0.05, 0.1) is 5.92 Å². The monoisotopic (exact) mass is 387 g/mol. The highest BCUT2D eigenvalue weighted by Crippen LogP contribution is 2.43. The van der Waals surface area contributed by atoms with Crippen LogP contribution in [0.4, 0.5) is 5.82 Å². The number of benzene rings is 1. The lowest BCUT2D eigenvalue weighted by Gasteiger charge is -2.36. The predicted octanol–water partition coefficient (Wildman–Crippen LogP) is 4.52. The summed E-state index contributed by atoms with van der Waals surface area (Å²) in [6.07, 6.45) is 3.85. The van der Waals surface area contributed by atoms with E-state index in [1.165, 1.54) is 0 Å². The van der Waals surface area contributed by atoms with Crippen LogP contribution in [0, 0.1) is 19.8 Å². The number of nitrogens with one attached hydrogen (secondary N) is 1. The van der Waals surface area contributed by atoms with Gasteiger partial charge in [-0.3, -0.25) is 14.6 Å². The van der Waals surface area contributed by atoms with E-state index in [0.717, 1.165) is 35.2 Å². The summed E-state index contributed by atoms with van der Waals surface area (Å²) in [6.45, 7) is 5.85. The molecule has 0 radical (unpaired) electrons. The van der Waals surface area contributed by atoms with Gasteiger partial charge in [-0.1, -0.05) is 29.8 Å². The van der Waals surface area contributed by atoms with Crippen molar-refractivity contribution in [1.29, 1.82) is 0 Å². The predicted molar refractivity (Wildman–Crippen MR) is 114 cm³/mol. The number of nitrogens with zero attached hydrogens (tertiary/aromatic N) is 2. The molecule has 1 aromatic carbocycles. The molecule has 29 heavy (non-hydrogen) atoms. The van der Waals surface area contributed by atoms with Gasteiger partial charge in [-0.05, 0) is 56.9 Å². The minimum absolute atomic E-state index is 0.173. The minimum Gasteiger partial charge on any atom is -0.307 e. The van der Waals surface area contributed by atoms with Crippen molar-refractivity contribution in [3.8, 4) is 0 Å².